The van der Waals surface area contributed by atoms with E-state index in [0.29, 0.717) is 30.8 Å². The molecule has 1 aliphatic carbocycles. The number of amides is 1. The van der Waals surface area contributed by atoms with E-state index in [0.717, 1.165) is 37.8 Å². The van der Waals surface area contributed by atoms with Gasteiger partial charge < -0.3 is 14.8 Å². The van der Waals surface area contributed by atoms with Gasteiger partial charge in [-0.2, -0.15) is 13.2 Å². The van der Waals surface area contributed by atoms with E-state index in [1.807, 2.05) is 0 Å². The lowest BCUT2D eigenvalue weighted by molar-refractivity contribution is -0.148. The van der Waals surface area contributed by atoms with Gasteiger partial charge in [0.2, 0.25) is 0 Å². The number of alkyl halides is 3. The predicted molar refractivity (Wildman–Crippen MR) is 107 cm³/mol. The van der Waals surface area contributed by atoms with Crippen molar-refractivity contribution in [3.63, 3.8) is 0 Å². The maximum absolute atomic E-state index is 14.2. The molecule has 2 fully saturated rings. The number of methoxy groups -OCH3 is 1. The van der Waals surface area contributed by atoms with Crippen molar-refractivity contribution >= 4 is 5.91 Å². The molecule has 0 aromatic heterocycles. The van der Waals surface area contributed by atoms with Crippen molar-refractivity contribution < 1.29 is 36.2 Å². The highest BCUT2D eigenvalue weighted by Crippen LogP contribution is 2.49. The average Bonchev–Trinajstić information content (AvgIpc) is 3.46. The number of likely N-dealkylation sites (tertiary alicyclic amines) is 1. The Kier molecular flexibility index (Phi) is 8.32. The third kappa shape index (κ3) is 7.03. The summed E-state index contributed by atoms with van der Waals surface area (Å²) in [6, 6.07) is 1.99. The van der Waals surface area contributed by atoms with Crippen molar-refractivity contribution in [1.29, 1.82) is 0 Å². The first-order valence-electron chi connectivity index (χ1n) is 10.9. The summed E-state index contributed by atoms with van der Waals surface area (Å²) < 4.78 is 76.2. The highest BCUT2D eigenvalue weighted by molar-refractivity contribution is 5.94. The topological polar surface area (TPSA) is 50.8 Å². The van der Waals surface area contributed by atoms with E-state index in [1.54, 1.807) is 0 Å². The lowest BCUT2D eigenvalue weighted by Crippen LogP contribution is -2.40. The van der Waals surface area contributed by atoms with Crippen LogP contribution in [0.4, 0.5) is 22.0 Å². The van der Waals surface area contributed by atoms with Gasteiger partial charge in [-0.05, 0) is 56.5 Å². The van der Waals surface area contributed by atoms with Gasteiger partial charge in [0.1, 0.15) is 22.9 Å². The van der Waals surface area contributed by atoms with Crippen molar-refractivity contribution in [2.24, 2.45) is 17.8 Å². The first kappa shape index (κ1) is 24.7. The number of rotatable bonds is 10. The summed E-state index contributed by atoms with van der Waals surface area (Å²) in [5.74, 6) is -1.49. The summed E-state index contributed by atoms with van der Waals surface area (Å²) in [5.41, 5.74) is -0.660. The van der Waals surface area contributed by atoms with Crippen molar-refractivity contribution in [3.8, 4) is 5.75 Å². The zero-order valence-electron chi connectivity index (χ0n) is 18.0. The molecule has 1 saturated heterocycles. The number of halogens is 5. The fraction of sp³-hybridized carbons (Fsp3) is 0.682. The highest BCUT2D eigenvalue weighted by Gasteiger charge is 2.44. The van der Waals surface area contributed by atoms with Crippen LogP contribution < -0.4 is 10.1 Å². The number of benzene rings is 1. The van der Waals surface area contributed by atoms with Crippen molar-refractivity contribution in [1.82, 2.24) is 10.2 Å². The number of nitrogens with one attached hydrogen (secondary N) is 1. The third-order valence-corrected chi connectivity index (χ3v) is 6.21. The predicted octanol–water partition coefficient (Wildman–Crippen LogP) is 4.02. The SMILES string of the molecule is COCCNC(=O)c1c(F)cc(OCCC2CC2C2CCN(CC(F)(F)F)CC2)cc1F. The van der Waals surface area contributed by atoms with Crippen LogP contribution in [0.15, 0.2) is 12.1 Å². The molecule has 2 atom stereocenters. The van der Waals surface area contributed by atoms with Crippen LogP contribution in [0.25, 0.3) is 0 Å². The molecule has 0 spiro atoms. The van der Waals surface area contributed by atoms with Gasteiger partial charge in [-0.15, -0.1) is 0 Å². The van der Waals surface area contributed by atoms with Gasteiger partial charge in [-0.25, -0.2) is 8.78 Å². The Hall–Kier alpha value is -1.94. The van der Waals surface area contributed by atoms with E-state index in [2.05, 4.69) is 5.32 Å². The van der Waals surface area contributed by atoms with E-state index in [1.165, 1.54) is 12.0 Å². The molecule has 1 aliphatic heterocycles. The third-order valence-electron chi connectivity index (χ3n) is 6.21. The molecule has 3 rings (SSSR count). The molecule has 0 radical (unpaired) electrons. The number of nitrogens with zero attached hydrogens (tertiary/aromatic N) is 1. The van der Waals surface area contributed by atoms with Crippen LogP contribution in [0.2, 0.25) is 0 Å². The molecule has 180 valence electrons. The number of ether oxygens (including phenoxy) is 2. The van der Waals surface area contributed by atoms with Gasteiger partial charge in [0.05, 0.1) is 19.8 Å². The van der Waals surface area contributed by atoms with Gasteiger partial charge in [-0.1, -0.05) is 0 Å². The Balaban J connectivity index is 1.40. The number of piperidine rings is 1. The Morgan fingerprint density at radius 1 is 1.16 bits per heavy atom. The minimum atomic E-state index is -4.16. The standard InChI is InChI=1S/C22H29F5N2O3/c1-31-9-5-28-21(30)20-18(23)11-16(12-19(20)24)32-8-4-15-10-17(15)14-2-6-29(7-3-14)13-22(25,26)27/h11-12,14-15,17H,2-10,13H2,1H3,(H,28,30). The monoisotopic (exact) mass is 464 g/mol. The van der Waals surface area contributed by atoms with Crippen molar-refractivity contribution in [2.75, 3.05) is 46.5 Å². The van der Waals surface area contributed by atoms with Crippen molar-refractivity contribution in [3.05, 3.63) is 29.3 Å². The molecule has 1 aromatic carbocycles. The summed E-state index contributed by atoms with van der Waals surface area (Å²) in [4.78, 5) is 13.4. The average molecular weight is 464 g/mol. The molecule has 0 bridgehead atoms. The van der Waals surface area contributed by atoms with Crippen molar-refractivity contribution in [2.45, 2.75) is 31.9 Å². The van der Waals surface area contributed by atoms with Gasteiger partial charge in [0, 0.05) is 25.8 Å². The number of carbonyl (C=O) groups is 1. The molecular formula is C22H29F5N2O3. The minimum absolute atomic E-state index is 0.0195. The molecule has 1 aromatic rings. The van der Waals surface area contributed by atoms with E-state index in [9.17, 15) is 26.7 Å². The van der Waals surface area contributed by atoms with Gasteiger partial charge in [-0.3, -0.25) is 9.69 Å². The zero-order valence-corrected chi connectivity index (χ0v) is 18.0. The number of hydrogen-bond acceptors (Lipinski definition) is 4. The molecule has 1 heterocycles. The van der Waals surface area contributed by atoms with Crippen LogP contribution in [0.3, 0.4) is 0 Å². The maximum Gasteiger partial charge on any atom is 0.401 e. The van der Waals surface area contributed by atoms with Crippen LogP contribution in [0, 0.1) is 29.4 Å². The van der Waals surface area contributed by atoms with E-state index in [4.69, 9.17) is 9.47 Å². The fourth-order valence-electron chi connectivity index (χ4n) is 4.51. The fourth-order valence-corrected chi connectivity index (χ4v) is 4.51. The molecule has 1 amide bonds. The van der Waals surface area contributed by atoms with Gasteiger partial charge in [0.15, 0.2) is 0 Å². The minimum Gasteiger partial charge on any atom is -0.493 e. The van der Waals surface area contributed by atoms with E-state index < -0.39 is 35.8 Å². The zero-order chi connectivity index (χ0) is 23.3. The van der Waals surface area contributed by atoms with Crippen LogP contribution in [-0.4, -0.2) is 63.5 Å². The molecule has 32 heavy (non-hydrogen) atoms. The lowest BCUT2D eigenvalue weighted by atomic mass is 9.90. The summed E-state index contributed by atoms with van der Waals surface area (Å²) in [6.45, 7) is 0.734. The molecular weight excluding hydrogens is 435 g/mol. The molecule has 5 nitrogen and oxygen atoms in total. The molecule has 1 N–H and O–H groups in total. The largest absolute Gasteiger partial charge is 0.493 e. The van der Waals surface area contributed by atoms with E-state index >= 15 is 0 Å². The summed E-state index contributed by atoms with van der Waals surface area (Å²) >= 11 is 0. The Labute approximate surface area is 184 Å². The molecule has 1 saturated carbocycles. The molecule has 10 heteroatoms. The smallest absolute Gasteiger partial charge is 0.401 e. The lowest BCUT2D eigenvalue weighted by Gasteiger charge is -2.32. The first-order chi connectivity index (χ1) is 15.2. The second-order valence-corrected chi connectivity index (χ2v) is 8.54. The first-order valence-corrected chi connectivity index (χ1v) is 10.9. The Morgan fingerprint density at radius 3 is 2.41 bits per heavy atom. The van der Waals surface area contributed by atoms with Gasteiger partial charge >= 0.3 is 6.18 Å². The van der Waals surface area contributed by atoms with Crippen LogP contribution in [0.5, 0.6) is 5.75 Å². The second kappa shape index (κ2) is 10.8. The molecule has 2 aliphatic rings. The summed E-state index contributed by atoms with van der Waals surface area (Å²) in [7, 11) is 1.45. The maximum atomic E-state index is 14.2. The normalized spacial score (nSPS) is 22.1. The van der Waals surface area contributed by atoms with Crippen LogP contribution in [-0.2, 0) is 4.74 Å². The van der Waals surface area contributed by atoms with Crippen LogP contribution in [0.1, 0.15) is 36.0 Å². The van der Waals surface area contributed by atoms with Gasteiger partial charge in [0.25, 0.3) is 5.91 Å². The van der Waals surface area contributed by atoms with E-state index in [-0.39, 0.29) is 25.5 Å². The molecule has 2 unspecified atom stereocenters. The summed E-state index contributed by atoms with van der Waals surface area (Å²) in [6.07, 6.45) is -0.894. The second-order valence-electron chi connectivity index (χ2n) is 8.54. The summed E-state index contributed by atoms with van der Waals surface area (Å²) in [5, 5.41) is 2.37. The Morgan fingerprint density at radius 2 is 1.81 bits per heavy atom. The Bertz CT molecular complexity index is 758. The quantitative estimate of drug-likeness (QED) is 0.420. The number of hydrogen-bond donors (Lipinski definition) is 1. The van der Waals surface area contributed by atoms with Crippen LogP contribution >= 0.6 is 0 Å². The highest BCUT2D eigenvalue weighted by atomic mass is 19.4. The number of carbonyl (C=O) groups excluding carboxylic acids is 1.